The smallest absolute Gasteiger partial charge is 0.240 e. The van der Waals surface area contributed by atoms with Gasteiger partial charge in [-0.15, -0.1) is 0 Å². The van der Waals surface area contributed by atoms with Gasteiger partial charge in [-0.3, -0.25) is 0 Å². The second-order valence-corrected chi connectivity index (χ2v) is 3.85. The number of carbonyl (C=O) groups excluding carboxylic acids is 1. The van der Waals surface area contributed by atoms with E-state index in [4.69, 9.17) is 16.3 Å². The van der Waals surface area contributed by atoms with Crippen molar-refractivity contribution >= 4 is 29.1 Å². The molecule has 1 aliphatic heterocycles. The third kappa shape index (κ3) is 2.42. The maximum Gasteiger partial charge on any atom is 0.240 e. The van der Waals surface area contributed by atoms with Crippen LogP contribution in [0, 0.1) is 0 Å². The zero-order chi connectivity index (χ0) is 11.4. The summed E-state index contributed by atoms with van der Waals surface area (Å²) < 4.78 is 5.27. The first-order valence-corrected chi connectivity index (χ1v) is 5.39. The second-order valence-electron chi connectivity index (χ2n) is 3.44. The summed E-state index contributed by atoms with van der Waals surface area (Å²) in [4.78, 5) is 16.0. The van der Waals surface area contributed by atoms with Gasteiger partial charge >= 0.3 is 0 Å². The van der Waals surface area contributed by atoms with Crippen LogP contribution >= 0.6 is 11.6 Å². The maximum absolute atomic E-state index is 10.2. The van der Waals surface area contributed by atoms with Crippen molar-refractivity contribution < 1.29 is 9.53 Å². The summed E-state index contributed by atoms with van der Waals surface area (Å²) in [5, 5.41) is 0.459. The van der Waals surface area contributed by atoms with Gasteiger partial charge in [0, 0.05) is 18.8 Å². The first-order chi connectivity index (χ1) is 7.81. The van der Waals surface area contributed by atoms with Gasteiger partial charge in [0.2, 0.25) is 6.08 Å². The van der Waals surface area contributed by atoms with Crippen LogP contribution in [0.4, 0.5) is 11.4 Å². The van der Waals surface area contributed by atoms with Crippen LogP contribution in [-0.2, 0) is 9.53 Å². The quantitative estimate of drug-likeness (QED) is 0.586. The summed E-state index contributed by atoms with van der Waals surface area (Å²) in [6.45, 7) is 3.11. The Morgan fingerprint density at radius 3 is 2.81 bits per heavy atom. The van der Waals surface area contributed by atoms with Crippen molar-refractivity contribution in [1.29, 1.82) is 0 Å². The fourth-order valence-electron chi connectivity index (χ4n) is 1.65. The molecular formula is C11H11ClN2O2. The van der Waals surface area contributed by atoms with Crippen molar-refractivity contribution in [2.45, 2.75) is 0 Å². The van der Waals surface area contributed by atoms with Crippen LogP contribution in [0.3, 0.4) is 0 Å². The van der Waals surface area contributed by atoms with E-state index in [1.807, 2.05) is 6.07 Å². The highest BCUT2D eigenvalue weighted by Gasteiger charge is 2.12. The Morgan fingerprint density at radius 2 is 2.12 bits per heavy atom. The maximum atomic E-state index is 10.2. The molecule has 0 aliphatic carbocycles. The number of hydrogen-bond acceptors (Lipinski definition) is 4. The van der Waals surface area contributed by atoms with Gasteiger partial charge in [0.05, 0.1) is 23.9 Å². The van der Waals surface area contributed by atoms with Gasteiger partial charge in [-0.1, -0.05) is 11.6 Å². The van der Waals surface area contributed by atoms with Crippen molar-refractivity contribution in [3.63, 3.8) is 0 Å². The predicted octanol–water partition coefficient (Wildman–Crippen LogP) is 2.14. The molecule has 1 aromatic rings. The van der Waals surface area contributed by atoms with Crippen LogP contribution in [0.5, 0.6) is 0 Å². The normalized spacial score (nSPS) is 15.7. The minimum atomic E-state index is 0.459. The van der Waals surface area contributed by atoms with Crippen molar-refractivity contribution in [3.05, 3.63) is 23.2 Å². The summed E-state index contributed by atoms with van der Waals surface area (Å²) in [5.41, 5.74) is 1.46. The van der Waals surface area contributed by atoms with Crippen LogP contribution in [0.15, 0.2) is 23.2 Å². The molecule has 4 nitrogen and oxygen atoms in total. The van der Waals surface area contributed by atoms with E-state index >= 15 is 0 Å². The molecule has 1 fully saturated rings. The number of ether oxygens (including phenoxy) is 1. The van der Waals surface area contributed by atoms with Crippen molar-refractivity contribution in [2.75, 3.05) is 31.2 Å². The van der Waals surface area contributed by atoms with E-state index < -0.39 is 0 Å². The molecule has 0 amide bonds. The molecule has 1 saturated heterocycles. The van der Waals surface area contributed by atoms with Gasteiger partial charge in [0.1, 0.15) is 0 Å². The third-order valence-corrected chi connectivity index (χ3v) is 2.79. The van der Waals surface area contributed by atoms with E-state index in [0.717, 1.165) is 32.0 Å². The van der Waals surface area contributed by atoms with Gasteiger partial charge in [-0.2, -0.15) is 4.99 Å². The standard InChI is InChI=1S/C11H11ClN2O2/c12-10-2-1-9(7-11(10)13-8-15)14-3-5-16-6-4-14/h1-2,7H,3-6H2. The van der Waals surface area contributed by atoms with E-state index in [2.05, 4.69) is 9.89 Å². The molecule has 0 N–H and O–H groups in total. The molecular weight excluding hydrogens is 228 g/mol. The van der Waals surface area contributed by atoms with Gasteiger partial charge in [0.15, 0.2) is 0 Å². The van der Waals surface area contributed by atoms with E-state index in [0.29, 0.717) is 10.7 Å². The topological polar surface area (TPSA) is 41.9 Å². The highest BCUT2D eigenvalue weighted by atomic mass is 35.5. The minimum absolute atomic E-state index is 0.459. The molecule has 0 aromatic heterocycles. The Balaban J connectivity index is 2.27. The number of benzene rings is 1. The minimum Gasteiger partial charge on any atom is -0.378 e. The van der Waals surface area contributed by atoms with Crippen LogP contribution < -0.4 is 4.90 Å². The fourth-order valence-corrected chi connectivity index (χ4v) is 1.81. The molecule has 0 atom stereocenters. The Kier molecular flexibility index (Phi) is 3.57. The summed E-state index contributed by atoms with van der Waals surface area (Å²) >= 11 is 5.90. The number of isocyanates is 1. The Morgan fingerprint density at radius 1 is 1.38 bits per heavy atom. The highest BCUT2D eigenvalue weighted by Crippen LogP contribution is 2.29. The van der Waals surface area contributed by atoms with Crippen LogP contribution in [0.1, 0.15) is 0 Å². The van der Waals surface area contributed by atoms with Gasteiger partial charge in [0.25, 0.3) is 0 Å². The lowest BCUT2D eigenvalue weighted by molar-refractivity contribution is 0.122. The van der Waals surface area contributed by atoms with E-state index in [9.17, 15) is 4.79 Å². The Hall–Kier alpha value is -1.35. The molecule has 2 rings (SSSR count). The molecule has 1 heterocycles. The first-order valence-electron chi connectivity index (χ1n) is 5.01. The molecule has 0 bridgehead atoms. The lowest BCUT2D eigenvalue weighted by atomic mass is 10.2. The molecule has 1 aromatic carbocycles. The average molecular weight is 239 g/mol. The highest BCUT2D eigenvalue weighted by molar-refractivity contribution is 6.33. The number of rotatable bonds is 2. The lowest BCUT2D eigenvalue weighted by Gasteiger charge is -2.29. The Labute approximate surface area is 98.5 Å². The lowest BCUT2D eigenvalue weighted by Crippen LogP contribution is -2.36. The van der Waals surface area contributed by atoms with Gasteiger partial charge in [-0.25, -0.2) is 4.79 Å². The molecule has 5 heteroatoms. The molecule has 0 saturated carbocycles. The molecule has 1 aliphatic rings. The van der Waals surface area contributed by atoms with Crippen LogP contribution in [-0.4, -0.2) is 32.4 Å². The third-order valence-electron chi connectivity index (χ3n) is 2.47. The summed E-state index contributed by atoms with van der Waals surface area (Å²) in [6, 6.07) is 5.44. The first kappa shape index (κ1) is 11.1. The van der Waals surface area contributed by atoms with E-state index in [-0.39, 0.29) is 0 Å². The monoisotopic (exact) mass is 238 g/mol. The predicted molar refractivity (Wildman–Crippen MR) is 62.3 cm³/mol. The number of aliphatic imine (C=N–C) groups is 1. The number of morpholine rings is 1. The number of anilines is 1. The van der Waals surface area contributed by atoms with Crippen LogP contribution in [0.25, 0.3) is 0 Å². The molecule has 16 heavy (non-hydrogen) atoms. The average Bonchev–Trinajstić information content (AvgIpc) is 2.33. The van der Waals surface area contributed by atoms with Gasteiger partial charge < -0.3 is 9.64 Å². The molecule has 0 radical (unpaired) electrons. The van der Waals surface area contributed by atoms with Crippen molar-refractivity contribution in [3.8, 4) is 0 Å². The zero-order valence-corrected chi connectivity index (χ0v) is 9.41. The van der Waals surface area contributed by atoms with Crippen molar-refractivity contribution in [2.24, 2.45) is 4.99 Å². The van der Waals surface area contributed by atoms with Crippen molar-refractivity contribution in [1.82, 2.24) is 0 Å². The SMILES string of the molecule is O=C=Nc1cc(N2CCOCC2)ccc1Cl. The van der Waals surface area contributed by atoms with E-state index in [1.165, 1.54) is 6.08 Å². The summed E-state index contributed by atoms with van der Waals surface area (Å²) in [7, 11) is 0. The Bertz CT molecular complexity index is 424. The van der Waals surface area contributed by atoms with Gasteiger partial charge in [-0.05, 0) is 18.2 Å². The zero-order valence-electron chi connectivity index (χ0n) is 8.65. The number of hydrogen-bond donors (Lipinski definition) is 0. The molecule has 84 valence electrons. The van der Waals surface area contributed by atoms with E-state index in [1.54, 1.807) is 12.1 Å². The summed E-state index contributed by atoms with van der Waals surface area (Å²) in [5.74, 6) is 0. The van der Waals surface area contributed by atoms with Crippen LogP contribution in [0.2, 0.25) is 5.02 Å². The number of halogens is 1. The fraction of sp³-hybridized carbons (Fsp3) is 0.364. The molecule has 0 unspecified atom stereocenters. The second kappa shape index (κ2) is 5.12. The summed E-state index contributed by atoms with van der Waals surface area (Å²) in [6.07, 6.45) is 1.50. The number of nitrogens with zero attached hydrogens (tertiary/aromatic N) is 2. The largest absolute Gasteiger partial charge is 0.378 e. The molecule has 0 spiro atoms.